The second kappa shape index (κ2) is 8.89. The summed E-state index contributed by atoms with van der Waals surface area (Å²) >= 11 is 6.00. The normalized spacial score (nSPS) is 13.7. The predicted molar refractivity (Wildman–Crippen MR) is 86.2 cm³/mol. The Balaban J connectivity index is 2.61. The molecule has 0 saturated carbocycles. The summed E-state index contributed by atoms with van der Waals surface area (Å²) in [5, 5.41) is 15.3. The molecule has 22 heavy (non-hydrogen) atoms. The number of hydrogen-bond donors (Lipinski definition) is 4. The van der Waals surface area contributed by atoms with Crippen LogP contribution in [0.5, 0.6) is 5.75 Å². The second-order valence-corrected chi connectivity index (χ2v) is 4.89. The molecule has 0 aliphatic carbocycles. The van der Waals surface area contributed by atoms with Gasteiger partial charge in [-0.1, -0.05) is 11.6 Å². The van der Waals surface area contributed by atoms with Crippen molar-refractivity contribution >= 4 is 29.7 Å². The van der Waals surface area contributed by atoms with Crippen LogP contribution in [0.3, 0.4) is 0 Å². The van der Waals surface area contributed by atoms with Crippen molar-refractivity contribution in [3.63, 3.8) is 0 Å². The molecule has 0 radical (unpaired) electrons. The number of rotatable bonds is 8. The van der Waals surface area contributed by atoms with Crippen LogP contribution < -0.4 is 15.8 Å². The molecule has 1 aromatic rings. The molecule has 1 aromatic carbocycles. The minimum absolute atomic E-state index is 0.00625. The van der Waals surface area contributed by atoms with Gasteiger partial charge < -0.3 is 20.9 Å². The summed E-state index contributed by atoms with van der Waals surface area (Å²) < 4.78 is 11.7. The molecule has 120 valence electrons. The molecular formula is C14H19ClN4O3. The molecule has 0 fully saturated rings. The van der Waals surface area contributed by atoms with Crippen molar-refractivity contribution in [3.8, 4) is 5.75 Å². The number of benzene rings is 1. The number of nitrogens with one attached hydrogen (secondary N) is 2. The lowest BCUT2D eigenvalue weighted by Gasteiger charge is -2.08. The zero-order valence-corrected chi connectivity index (χ0v) is 12.9. The lowest BCUT2D eigenvalue weighted by molar-refractivity contribution is -0.138. The summed E-state index contributed by atoms with van der Waals surface area (Å²) in [7, 11) is 1.52. The van der Waals surface area contributed by atoms with Crippen LogP contribution in [0.4, 0.5) is 0 Å². The van der Waals surface area contributed by atoms with Crippen molar-refractivity contribution < 1.29 is 16.0 Å². The van der Waals surface area contributed by atoms with E-state index in [0.29, 0.717) is 35.7 Å². The number of ether oxygens (including phenoxy) is 1. The lowest BCUT2D eigenvalue weighted by Crippen LogP contribution is -2.31. The third-order valence-electron chi connectivity index (χ3n) is 2.82. The van der Waals surface area contributed by atoms with Crippen LogP contribution in [-0.4, -0.2) is 42.9 Å². The maximum absolute atomic E-state index is 11.2. The molecule has 8 heteroatoms. The number of aliphatic imine (C=N–C) groups is 1. The first kappa shape index (κ1) is 16.1. The summed E-state index contributed by atoms with van der Waals surface area (Å²) in [4.78, 5) is 15.3. The molecule has 0 aliphatic rings. The van der Waals surface area contributed by atoms with Gasteiger partial charge in [0.05, 0.1) is 12.1 Å². The highest BCUT2D eigenvalue weighted by Crippen LogP contribution is 2.24. The first-order chi connectivity index (χ1) is 11.0. The highest BCUT2D eigenvalue weighted by molar-refractivity contribution is 6.32. The Labute approximate surface area is 135 Å². The molecule has 0 spiro atoms. The van der Waals surface area contributed by atoms with Crippen molar-refractivity contribution in [2.75, 3.05) is 13.7 Å². The summed E-state index contributed by atoms with van der Waals surface area (Å²) in [6.07, 6.45) is 2.32. The van der Waals surface area contributed by atoms with E-state index in [4.69, 9.17) is 23.5 Å². The summed E-state index contributed by atoms with van der Waals surface area (Å²) in [6, 6.07) is 4.20. The van der Waals surface area contributed by atoms with Gasteiger partial charge in [0, 0.05) is 12.8 Å². The maximum Gasteiger partial charge on any atom is 0.328 e. The Morgan fingerprint density at radius 2 is 2.50 bits per heavy atom. The maximum atomic E-state index is 11.2. The average Bonchev–Trinajstić information content (AvgIpc) is 2.53. The van der Waals surface area contributed by atoms with Crippen LogP contribution in [0.25, 0.3) is 0 Å². The molecule has 0 aliphatic heterocycles. The molecule has 0 amide bonds. The SMILES string of the molecule is [H]/N=C(\N)NCCC[C@H](N=Cc1ccc(OC)c(Cl)c1)C(=O)O. The van der Waals surface area contributed by atoms with Crippen LogP contribution in [0.15, 0.2) is 23.2 Å². The summed E-state index contributed by atoms with van der Waals surface area (Å²) in [5.41, 5.74) is 5.99. The first-order valence-corrected chi connectivity index (χ1v) is 6.96. The molecule has 0 unspecified atom stereocenters. The number of nitrogens with zero attached hydrogens (tertiary/aromatic N) is 1. The van der Waals surface area contributed by atoms with Crippen LogP contribution in [0, 0.1) is 5.40 Å². The molecule has 0 saturated heterocycles. The van der Waals surface area contributed by atoms with Gasteiger partial charge in [0.1, 0.15) is 11.8 Å². The molecule has 0 bridgehead atoms. The van der Waals surface area contributed by atoms with Gasteiger partial charge >= 0.3 is 5.97 Å². The van der Waals surface area contributed by atoms with Crippen LogP contribution in [0.1, 0.15) is 18.4 Å². The minimum Gasteiger partial charge on any atom is -0.495 e. The molecule has 1 atom stereocenters. The number of carboxylic acid groups (broad SMARTS) is 1. The molecule has 1 rings (SSSR count). The summed E-state index contributed by atoms with van der Waals surface area (Å²) in [6.45, 7) is 0.419. The van der Waals surface area contributed by atoms with E-state index in [9.17, 15) is 9.90 Å². The van der Waals surface area contributed by atoms with Crippen molar-refractivity contribution in [1.82, 2.24) is 5.32 Å². The van der Waals surface area contributed by atoms with E-state index in [2.05, 4.69) is 15.7 Å². The van der Waals surface area contributed by atoms with Crippen molar-refractivity contribution in [2.24, 2.45) is 10.7 Å². The van der Waals surface area contributed by atoms with E-state index in [0.717, 1.165) is 0 Å². The van der Waals surface area contributed by atoms with Gasteiger partial charge in [0.25, 0.3) is 0 Å². The average molecular weight is 327 g/mol. The zero-order chi connectivity index (χ0) is 17.2. The van der Waals surface area contributed by atoms with E-state index < -0.39 is 12.0 Å². The van der Waals surface area contributed by atoms with E-state index in [1.165, 1.54) is 13.3 Å². The predicted octanol–water partition coefficient (Wildman–Crippen LogP) is 1.48. The van der Waals surface area contributed by atoms with Crippen molar-refractivity contribution in [3.05, 3.63) is 28.8 Å². The fourth-order valence-corrected chi connectivity index (χ4v) is 1.98. The standard InChI is InChI=1S/C14H19ClN4O3/c1-22-12-5-4-9(7-10(12)15)8-19-11(13(20)21)3-2-6-18-14(16)17/h4-5,7-8,11H,2-3,6H2,1H3,(H,20,21)(H4,16,17,18)/t11-/m0/s1. The molecule has 0 heterocycles. The Bertz CT molecular complexity index is 595. The molecule has 0 aromatic heterocycles. The first-order valence-electron chi connectivity index (χ1n) is 7.03. The van der Waals surface area contributed by atoms with Gasteiger partial charge in [0.2, 0.25) is 0 Å². The second-order valence-electron chi connectivity index (χ2n) is 4.48. The van der Waals surface area contributed by atoms with Crippen LogP contribution in [-0.2, 0) is 4.79 Å². The van der Waals surface area contributed by atoms with Gasteiger partial charge in [-0.15, -0.1) is 0 Å². The van der Waals surface area contributed by atoms with Crippen molar-refractivity contribution in [2.45, 2.75) is 18.9 Å². The highest BCUT2D eigenvalue weighted by atomic mass is 35.5. The van der Waals surface area contributed by atoms with E-state index in [1.807, 2.05) is 0 Å². The largest absolute Gasteiger partial charge is 0.495 e. The number of guanidine groups is 1. The third-order valence-corrected chi connectivity index (χ3v) is 3.12. The van der Waals surface area contributed by atoms with Crippen LogP contribution >= 0.6 is 11.6 Å². The lowest BCUT2D eigenvalue weighted by atomic mass is 10.1. The number of carboxylic acids is 1. The number of halogens is 1. The number of hydrogen-bond acceptors (Lipinski definition) is 4. The van der Waals surface area contributed by atoms with Crippen molar-refractivity contribution in [1.29, 1.82) is 5.40 Å². The Morgan fingerprint density at radius 3 is 3.09 bits per heavy atom. The minimum atomic E-state index is -1.01. The van der Waals surface area contributed by atoms with E-state index in [1.54, 1.807) is 18.2 Å². The highest BCUT2D eigenvalue weighted by Gasteiger charge is 2.14. The summed E-state index contributed by atoms with van der Waals surface area (Å²) in [5.74, 6) is -0.477. The Hall–Kier alpha value is -2.28. The number of carbonyl (C=O) groups is 1. The smallest absolute Gasteiger partial charge is 0.328 e. The van der Waals surface area contributed by atoms with Gasteiger partial charge in [-0.25, -0.2) is 4.79 Å². The zero-order valence-electron chi connectivity index (χ0n) is 13.1. The fourth-order valence-electron chi connectivity index (χ4n) is 1.71. The molecular weight excluding hydrogens is 308 g/mol. The number of methoxy groups -OCH3 is 1. The van der Waals surface area contributed by atoms with Gasteiger partial charge in [0.15, 0.2) is 7.37 Å². The Morgan fingerprint density at radius 1 is 1.73 bits per heavy atom. The number of nitrogens with two attached hydrogens (primary N) is 1. The topological polar surface area (TPSA) is 121 Å². The molecule has 5 N–H and O–H groups in total. The van der Waals surface area contributed by atoms with Gasteiger partial charge in [-0.3, -0.25) is 10.4 Å². The van der Waals surface area contributed by atoms with Gasteiger partial charge in [-0.2, -0.15) is 0 Å². The molecule has 7 nitrogen and oxygen atoms in total. The number of aliphatic carboxylic acids is 1. The van der Waals surface area contributed by atoms with E-state index in [-0.39, 0.29) is 5.96 Å². The third kappa shape index (κ3) is 6.01. The van der Waals surface area contributed by atoms with Gasteiger partial charge in [-0.05, 0) is 36.6 Å². The van der Waals surface area contributed by atoms with E-state index >= 15 is 0 Å². The fraction of sp³-hybridized carbons (Fsp3) is 0.357. The van der Waals surface area contributed by atoms with Crippen LogP contribution in [0.2, 0.25) is 6.43 Å². The quantitative estimate of drug-likeness (QED) is 0.327. The monoisotopic (exact) mass is 326 g/mol. The Kier molecular flexibility index (Phi) is 6.50.